The molecule has 0 saturated carbocycles. The van der Waals surface area contributed by atoms with Crippen molar-refractivity contribution < 1.29 is 9.90 Å². The van der Waals surface area contributed by atoms with E-state index in [1.165, 1.54) is 0 Å². The number of anilines is 2. The van der Waals surface area contributed by atoms with Crippen LogP contribution in [0.15, 0.2) is 42.5 Å². The molecule has 0 aliphatic heterocycles. The molecule has 0 atom stereocenters. The first-order chi connectivity index (χ1) is 10.1. The first-order valence-corrected chi connectivity index (χ1v) is 7.03. The molecular formula is C15H14Cl2N2O2. The summed E-state index contributed by atoms with van der Waals surface area (Å²) in [7, 11) is 0. The SMILES string of the molecule is O=C(CO)Nc1cccc(NCc2cccc(Cl)c2Cl)c1. The summed E-state index contributed by atoms with van der Waals surface area (Å²) < 4.78 is 0. The van der Waals surface area contributed by atoms with Crippen molar-refractivity contribution in [2.24, 2.45) is 0 Å². The summed E-state index contributed by atoms with van der Waals surface area (Å²) in [4.78, 5) is 11.1. The zero-order chi connectivity index (χ0) is 15.2. The van der Waals surface area contributed by atoms with E-state index in [-0.39, 0.29) is 0 Å². The summed E-state index contributed by atoms with van der Waals surface area (Å²) in [6.45, 7) is -0.0351. The molecule has 6 heteroatoms. The second-order valence-corrected chi connectivity index (χ2v) is 5.14. The maximum atomic E-state index is 11.1. The Balaban J connectivity index is 2.05. The van der Waals surface area contributed by atoms with Crippen LogP contribution in [0.5, 0.6) is 0 Å². The highest BCUT2D eigenvalue weighted by Gasteiger charge is 2.05. The summed E-state index contributed by atoms with van der Waals surface area (Å²) in [6.07, 6.45) is 0. The van der Waals surface area contributed by atoms with Gasteiger partial charge in [-0.25, -0.2) is 0 Å². The van der Waals surface area contributed by atoms with Crippen LogP contribution < -0.4 is 10.6 Å². The summed E-state index contributed by atoms with van der Waals surface area (Å²) in [5.74, 6) is -0.454. The van der Waals surface area contributed by atoms with Gasteiger partial charge in [0.2, 0.25) is 5.91 Å². The second kappa shape index (κ2) is 7.31. The molecule has 4 nitrogen and oxygen atoms in total. The summed E-state index contributed by atoms with van der Waals surface area (Å²) in [6, 6.07) is 12.6. The molecule has 0 unspecified atom stereocenters. The fourth-order valence-electron chi connectivity index (χ4n) is 1.79. The minimum absolute atomic E-state index is 0.454. The van der Waals surface area contributed by atoms with E-state index in [4.69, 9.17) is 28.3 Å². The van der Waals surface area contributed by atoms with Crippen molar-refractivity contribution in [1.29, 1.82) is 0 Å². The molecule has 1 amide bonds. The molecule has 21 heavy (non-hydrogen) atoms. The molecule has 2 aromatic carbocycles. The van der Waals surface area contributed by atoms with E-state index in [9.17, 15) is 4.79 Å². The minimum atomic E-state index is -0.546. The number of rotatable bonds is 5. The predicted molar refractivity (Wildman–Crippen MR) is 85.9 cm³/mol. The number of aliphatic hydroxyl groups excluding tert-OH is 1. The van der Waals surface area contributed by atoms with Gasteiger partial charge in [-0.2, -0.15) is 0 Å². The second-order valence-electron chi connectivity index (χ2n) is 4.35. The Bertz CT molecular complexity index is 647. The third-order valence-corrected chi connectivity index (χ3v) is 3.66. The van der Waals surface area contributed by atoms with Crippen molar-refractivity contribution >= 4 is 40.5 Å². The Hall–Kier alpha value is -1.75. The van der Waals surface area contributed by atoms with E-state index in [1.54, 1.807) is 24.3 Å². The Morgan fingerprint density at radius 3 is 2.57 bits per heavy atom. The van der Waals surface area contributed by atoms with E-state index >= 15 is 0 Å². The van der Waals surface area contributed by atoms with Gasteiger partial charge in [-0.15, -0.1) is 0 Å². The molecular weight excluding hydrogens is 311 g/mol. The van der Waals surface area contributed by atoms with Crippen molar-refractivity contribution in [1.82, 2.24) is 0 Å². The third kappa shape index (κ3) is 4.36. The van der Waals surface area contributed by atoms with E-state index in [2.05, 4.69) is 10.6 Å². The minimum Gasteiger partial charge on any atom is -0.387 e. The molecule has 3 N–H and O–H groups in total. The number of halogens is 2. The molecule has 0 radical (unpaired) electrons. The van der Waals surface area contributed by atoms with Gasteiger partial charge in [0.15, 0.2) is 0 Å². The van der Waals surface area contributed by atoms with Gasteiger partial charge in [-0.05, 0) is 29.8 Å². The number of benzene rings is 2. The van der Waals surface area contributed by atoms with Crippen LogP contribution >= 0.6 is 23.2 Å². The largest absolute Gasteiger partial charge is 0.387 e. The number of carbonyl (C=O) groups is 1. The zero-order valence-corrected chi connectivity index (χ0v) is 12.6. The van der Waals surface area contributed by atoms with Gasteiger partial charge in [0.05, 0.1) is 10.0 Å². The smallest absolute Gasteiger partial charge is 0.250 e. The van der Waals surface area contributed by atoms with Gasteiger partial charge in [0.1, 0.15) is 6.61 Å². The molecule has 0 aromatic heterocycles. The van der Waals surface area contributed by atoms with Crippen molar-refractivity contribution in [3.8, 4) is 0 Å². The lowest BCUT2D eigenvalue weighted by molar-refractivity contribution is -0.118. The first kappa shape index (κ1) is 15.6. The van der Waals surface area contributed by atoms with E-state index < -0.39 is 12.5 Å². The maximum absolute atomic E-state index is 11.1. The highest BCUT2D eigenvalue weighted by Crippen LogP contribution is 2.26. The van der Waals surface area contributed by atoms with Crippen LogP contribution in [0.2, 0.25) is 10.0 Å². The Labute approximate surface area is 132 Å². The van der Waals surface area contributed by atoms with Gasteiger partial charge >= 0.3 is 0 Å². The molecule has 2 aromatic rings. The van der Waals surface area contributed by atoms with Crippen molar-refractivity contribution in [2.75, 3.05) is 17.2 Å². The molecule has 2 rings (SSSR count). The van der Waals surface area contributed by atoms with Crippen molar-refractivity contribution in [3.05, 3.63) is 58.1 Å². The number of amides is 1. The number of nitrogens with one attached hydrogen (secondary N) is 2. The molecule has 0 aliphatic rings. The monoisotopic (exact) mass is 324 g/mol. The van der Waals surface area contributed by atoms with Crippen LogP contribution in [0.25, 0.3) is 0 Å². The normalized spacial score (nSPS) is 10.2. The zero-order valence-electron chi connectivity index (χ0n) is 11.1. The van der Waals surface area contributed by atoms with Gasteiger partial charge in [-0.1, -0.05) is 41.4 Å². The van der Waals surface area contributed by atoms with E-state index in [0.717, 1.165) is 11.3 Å². The Kier molecular flexibility index (Phi) is 5.44. The standard InChI is InChI=1S/C15H14Cl2N2O2/c16-13-6-1-3-10(15(13)17)8-18-11-4-2-5-12(7-11)19-14(21)9-20/h1-7,18,20H,8-9H2,(H,19,21). The van der Waals surface area contributed by atoms with E-state index in [0.29, 0.717) is 22.3 Å². The van der Waals surface area contributed by atoms with Crippen LogP contribution in [-0.4, -0.2) is 17.6 Å². The third-order valence-electron chi connectivity index (χ3n) is 2.80. The number of aliphatic hydroxyl groups is 1. The summed E-state index contributed by atoms with van der Waals surface area (Å²) >= 11 is 12.1. The van der Waals surface area contributed by atoms with Crippen LogP contribution in [0.4, 0.5) is 11.4 Å². The van der Waals surface area contributed by atoms with Crippen molar-refractivity contribution in [2.45, 2.75) is 6.54 Å². The lowest BCUT2D eigenvalue weighted by atomic mass is 10.2. The van der Waals surface area contributed by atoms with Gasteiger partial charge in [0, 0.05) is 17.9 Å². The molecule has 0 aliphatic carbocycles. The van der Waals surface area contributed by atoms with Gasteiger partial charge < -0.3 is 15.7 Å². The highest BCUT2D eigenvalue weighted by molar-refractivity contribution is 6.42. The maximum Gasteiger partial charge on any atom is 0.250 e. The lowest BCUT2D eigenvalue weighted by Crippen LogP contribution is -2.15. The van der Waals surface area contributed by atoms with Crippen LogP contribution in [0.1, 0.15) is 5.56 Å². The fraction of sp³-hybridized carbons (Fsp3) is 0.133. The van der Waals surface area contributed by atoms with Gasteiger partial charge in [0.25, 0.3) is 0 Å². The highest BCUT2D eigenvalue weighted by atomic mass is 35.5. The summed E-state index contributed by atoms with van der Waals surface area (Å²) in [5.41, 5.74) is 2.31. The molecule has 0 spiro atoms. The fourth-order valence-corrected chi connectivity index (χ4v) is 2.18. The first-order valence-electron chi connectivity index (χ1n) is 6.27. The van der Waals surface area contributed by atoms with Crippen molar-refractivity contribution in [3.63, 3.8) is 0 Å². The molecule has 110 valence electrons. The van der Waals surface area contributed by atoms with Crippen LogP contribution in [-0.2, 0) is 11.3 Å². The molecule has 0 fully saturated rings. The number of carbonyl (C=O) groups excluding carboxylic acids is 1. The van der Waals surface area contributed by atoms with Gasteiger partial charge in [-0.3, -0.25) is 4.79 Å². The predicted octanol–water partition coefficient (Wildman–Crippen LogP) is 3.54. The molecule has 0 bridgehead atoms. The Morgan fingerprint density at radius 2 is 1.81 bits per heavy atom. The molecule has 0 saturated heterocycles. The topological polar surface area (TPSA) is 61.4 Å². The average Bonchev–Trinajstić information content (AvgIpc) is 2.49. The summed E-state index contributed by atoms with van der Waals surface area (Å²) in [5, 5.41) is 15.5. The van der Waals surface area contributed by atoms with E-state index in [1.807, 2.05) is 18.2 Å². The quantitative estimate of drug-likeness (QED) is 0.788. The average molecular weight is 325 g/mol. The van der Waals surface area contributed by atoms with Crippen LogP contribution in [0.3, 0.4) is 0 Å². The Morgan fingerprint density at radius 1 is 1.10 bits per heavy atom. The number of hydrogen-bond donors (Lipinski definition) is 3. The lowest BCUT2D eigenvalue weighted by Gasteiger charge is -2.10. The molecule has 0 heterocycles. The number of hydrogen-bond acceptors (Lipinski definition) is 3. The van der Waals surface area contributed by atoms with Crippen LogP contribution in [0, 0.1) is 0 Å².